The van der Waals surface area contributed by atoms with Crippen molar-refractivity contribution in [2.75, 3.05) is 26.4 Å². The fourth-order valence-electron chi connectivity index (χ4n) is 10.7. The number of hydrogen-bond acceptors (Lipinski definition) is 20. The van der Waals surface area contributed by atoms with Crippen molar-refractivity contribution in [3.05, 3.63) is 166 Å². The number of nitrogens with zero attached hydrogens (tertiary/aromatic N) is 6. The molecule has 5 aromatic rings. The molecule has 0 unspecified atom stereocenters. The molecule has 0 amide bonds. The van der Waals surface area contributed by atoms with Crippen molar-refractivity contribution in [2.45, 2.75) is 142 Å². The summed E-state index contributed by atoms with van der Waals surface area (Å²) in [7, 11) is 0. The van der Waals surface area contributed by atoms with Crippen molar-refractivity contribution in [3.8, 4) is 57.4 Å². The van der Waals surface area contributed by atoms with Crippen LogP contribution in [0.25, 0.3) is 22.3 Å². The topological polar surface area (TPSA) is 364 Å². The third-order valence-electron chi connectivity index (χ3n) is 15.2. The van der Waals surface area contributed by atoms with Crippen LogP contribution in [0.4, 0.5) is 34.1 Å². The molecule has 0 aromatic heterocycles. The minimum absolute atomic E-state index is 0.223. The molecule has 0 heterocycles. The highest BCUT2D eigenvalue weighted by molar-refractivity contribution is 6.26. The zero-order valence-electron chi connectivity index (χ0n) is 49.6. The van der Waals surface area contributed by atoms with E-state index in [1.807, 2.05) is 0 Å². The van der Waals surface area contributed by atoms with Gasteiger partial charge in [-0.15, -0.1) is 0 Å². The molecular formula is C64H64N6O20. The third kappa shape index (κ3) is 16.6. The largest absolute Gasteiger partial charge is 0.492 e. The van der Waals surface area contributed by atoms with Gasteiger partial charge < -0.3 is 18.9 Å². The lowest BCUT2D eigenvalue weighted by Gasteiger charge is -2.14. The Bertz CT molecular complexity index is 3570. The lowest BCUT2D eigenvalue weighted by atomic mass is 9.99. The van der Waals surface area contributed by atoms with Gasteiger partial charge in [-0.25, -0.2) is 9.59 Å². The second-order valence-corrected chi connectivity index (χ2v) is 21.5. The van der Waals surface area contributed by atoms with E-state index < -0.39 is 156 Å². The van der Waals surface area contributed by atoms with Crippen molar-refractivity contribution in [3.63, 3.8) is 0 Å². The Morgan fingerprint density at radius 3 is 0.967 bits per heavy atom. The number of esters is 2. The number of nitro benzene ring substituents is 6. The molecule has 0 fully saturated rings. The quantitative estimate of drug-likeness (QED) is 0.0119. The molecule has 470 valence electrons. The number of benzene rings is 5. The van der Waals surface area contributed by atoms with E-state index >= 15 is 0 Å². The summed E-state index contributed by atoms with van der Waals surface area (Å²) < 4.78 is 23.4. The first kappa shape index (κ1) is 67.0. The zero-order chi connectivity index (χ0) is 65.0. The third-order valence-corrected chi connectivity index (χ3v) is 15.2. The molecule has 0 saturated carbocycles. The monoisotopic (exact) mass is 1240 g/mol. The van der Waals surface area contributed by atoms with Crippen LogP contribution < -0.4 is 9.47 Å². The molecule has 0 atom stereocenters. The molecule has 26 nitrogen and oxygen atoms in total. The summed E-state index contributed by atoms with van der Waals surface area (Å²) in [5.41, 5.74) is -9.66. The molecule has 2 aliphatic rings. The first-order chi connectivity index (χ1) is 43.3. The van der Waals surface area contributed by atoms with Crippen molar-refractivity contribution >= 4 is 57.6 Å². The van der Waals surface area contributed by atoms with Gasteiger partial charge in [0.25, 0.3) is 34.1 Å². The fraction of sp³-hybridized carbons (Fsp3) is 0.406. The molecular weight excluding hydrogens is 1170 g/mol. The van der Waals surface area contributed by atoms with Gasteiger partial charge in [0.05, 0.1) is 99.4 Å². The van der Waals surface area contributed by atoms with E-state index in [0.29, 0.717) is 25.0 Å². The average molecular weight is 1240 g/mol. The van der Waals surface area contributed by atoms with Crippen LogP contribution in [0.1, 0.15) is 206 Å². The van der Waals surface area contributed by atoms with E-state index in [9.17, 15) is 79.9 Å². The van der Waals surface area contributed by atoms with Gasteiger partial charge in [0.2, 0.25) is 0 Å². The Labute approximate surface area is 515 Å². The number of hydrogen-bond donors (Lipinski definition) is 0. The average Bonchev–Trinajstić information content (AvgIpc) is 1.59. The minimum atomic E-state index is -1.17. The molecule has 0 saturated heterocycles. The summed E-state index contributed by atoms with van der Waals surface area (Å²) in [6, 6.07) is 9.28. The van der Waals surface area contributed by atoms with Crippen LogP contribution in [0.5, 0.6) is 11.5 Å². The number of ketones is 2. The van der Waals surface area contributed by atoms with Crippen molar-refractivity contribution in [2.24, 2.45) is 0 Å². The summed E-state index contributed by atoms with van der Waals surface area (Å²) >= 11 is 0. The van der Waals surface area contributed by atoms with Crippen LogP contribution in [0.3, 0.4) is 0 Å². The van der Waals surface area contributed by atoms with E-state index in [0.717, 1.165) is 113 Å². The maximum Gasteiger partial charge on any atom is 0.339 e. The van der Waals surface area contributed by atoms with Gasteiger partial charge in [-0.05, 0) is 25.0 Å². The van der Waals surface area contributed by atoms with Crippen LogP contribution in [0, 0.1) is 84.4 Å². The predicted octanol–water partition coefficient (Wildman–Crippen LogP) is 14.6. The summed E-state index contributed by atoms with van der Waals surface area (Å²) in [5, 5.41) is 72.1. The number of rotatable bonds is 34. The van der Waals surface area contributed by atoms with Gasteiger partial charge in [0.15, 0.2) is 24.8 Å². The number of unbranched alkanes of at least 4 members (excludes halogenated alkanes) is 18. The Hall–Kier alpha value is -10.5. The smallest absolute Gasteiger partial charge is 0.339 e. The molecule has 0 aliphatic heterocycles. The summed E-state index contributed by atoms with van der Waals surface area (Å²) in [6.07, 6.45) is 21.2. The zero-order valence-corrected chi connectivity index (χ0v) is 49.6. The molecule has 0 spiro atoms. The second kappa shape index (κ2) is 31.9. The number of non-ortho nitro benzene ring substituents is 2. The molecule has 0 N–H and O–H groups in total. The molecule has 5 aromatic carbocycles. The number of carbonyl (C=O) groups is 4. The summed E-state index contributed by atoms with van der Waals surface area (Å²) in [5.74, 6) is 7.40. The lowest BCUT2D eigenvalue weighted by molar-refractivity contribution is -0.394. The minimum Gasteiger partial charge on any atom is -0.492 e. The van der Waals surface area contributed by atoms with Crippen LogP contribution >= 0.6 is 0 Å². The van der Waals surface area contributed by atoms with Crippen LogP contribution in [-0.2, 0) is 9.47 Å². The maximum atomic E-state index is 13.6. The van der Waals surface area contributed by atoms with Gasteiger partial charge >= 0.3 is 11.9 Å². The Morgan fingerprint density at radius 1 is 0.378 bits per heavy atom. The lowest BCUT2D eigenvalue weighted by Crippen LogP contribution is -2.08. The maximum absolute atomic E-state index is 13.6. The predicted molar refractivity (Wildman–Crippen MR) is 326 cm³/mol. The number of carbonyl (C=O) groups excluding carboxylic acids is 4. The molecule has 90 heavy (non-hydrogen) atoms. The molecule has 26 heteroatoms. The molecule has 0 radical (unpaired) electrons. The number of nitro groups is 6. The van der Waals surface area contributed by atoms with Gasteiger partial charge in [-0.2, -0.15) is 0 Å². The fourth-order valence-corrected chi connectivity index (χ4v) is 10.7. The number of fused-ring (bicyclic) bond motifs is 6. The Balaban J connectivity index is 1.15. The van der Waals surface area contributed by atoms with Crippen molar-refractivity contribution in [1.29, 1.82) is 0 Å². The van der Waals surface area contributed by atoms with E-state index in [-0.39, 0.29) is 35.8 Å². The Kier molecular flexibility index (Phi) is 23.8. The van der Waals surface area contributed by atoms with Gasteiger partial charge in [0, 0.05) is 58.7 Å². The highest BCUT2D eigenvalue weighted by atomic mass is 16.6. The van der Waals surface area contributed by atoms with Gasteiger partial charge in [-0.3, -0.25) is 70.3 Å². The normalized spacial score (nSPS) is 11.4. The first-order valence-electron chi connectivity index (χ1n) is 29.7. The summed E-state index contributed by atoms with van der Waals surface area (Å²) in [4.78, 5) is 121. The SMILES string of the molecule is CCCCCCCCCCCCOc1cc(C#CCOC(=O)c2cc3c(c([N+](=O)[O-])c2)-c2c(cc([N+](=O)[O-])cc2[N+](=O)[O-])C3=O)c(OCCCCCCCCCCCC)cc1C#CCOC(=O)c1cc2c(c([N+](=O)[O-])c1)-c1c(cc([N+](=O)[O-])cc1[N+](=O)[O-])C2=O. The summed E-state index contributed by atoms with van der Waals surface area (Å²) in [6.45, 7) is 3.58. The van der Waals surface area contributed by atoms with Crippen LogP contribution in [0.15, 0.2) is 60.7 Å². The highest BCUT2D eigenvalue weighted by Crippen LogP contribution is 2.51. The van der Waals surface area contributed by atoms with Crippen LogP contribution in [-0.4, -0.2) is 79.5 Å². The van der Waals surface area contributed by atoms with E-state index in [1.165, 1.54) is 38.5 Å². The first-order valence-corrected chi connectivity index (χ1v) is 29.7. The number of ether oxygens (including phenoxy) is 4. The van der Waals surface area contributed by atoms with E-state index in [2.05, 4.69) is 37.5 Å². The molecule has 0 bridgehead atoms. The van der Waals surface area contributed by atoms with Crippen LogP contribution in [0.2, 0.25) is 0 Å². The standard InChI is InChI=1S/C64H64N6O20/c1-3-5-7-9-11-13-15-17-19-21-27-87-55-35-42(26-24-30-90-64(74)44-32-48-58(52(34-44)68(81)82)60-50(62(48)72)38-46(66(77)78)40-54(60)70(85)86)56(88-28-22-20-18-16-14-12-10-8-6-4-2)36-41(55)25-23-29-89-63(73)43-31-47-57(51(33-43)67(79)80)59-49(61(47)71)37-45(65(75)76)39-53(59)69(83)84/h31-40H,3-22,27-30H2,1-2H3. The van der Waals surface area contributed by atoms with Gasteiger partial charge in [0.1, 0.15) is 11.5 Å². The van der Waals surface area contributed by atoms with E-state index in [1.54, 1.807) is 12.1 Å². The van der Waals surface area contributed by atoms with E-state index in [4.69, 9.17) is 18.9 Å². The Morgan fingerprint density at radius 2 is 0.667 bits per heavy atom. The van der Waals surface area contributed by atoms with Crippen molar-refractivity contribution in [1.82, 2.24) is 0 Å². The molecule has 2 aliphatic carbocycles. The molecule has 7 rings (SSSR count). The van der Waals surface area contributed by atoms with Gasteiger partial charge in [-0.1, -0.05) is 153 Å². The van der Waals surface area contributed by atoms with Crippen molar-refractivity contribution < 1.29 is 67.7 Å². The second-order valence-electron chi connectivity index (χ2n) is 21.5. The highest BCUT2D eigenvalue weighted by Gasteiger charge is 2.43.